The van der Waals surface area contributed by atoms with E-state index in [-0.39, 0.29) is 41.8 Å². The number of halogens is 7. The molecule has 1 fully saturated rings. The van der Waals surface area contributed by atoms with Gasteiger partial charge in [-0.15, -0.1) is 0 Å². The molecule has 1 atom stereocenters. The molecule has 1 heterocycles. The van der Waals surface area contributed by atoms with Gasteiger partial charge in [0, 0.05) is 0 Å². The molecule has 11 heteroatoms. The number of amides is 1. The minimum Gasteiger partial charge on any atom is -0.387 e. The van der Waals surface area contributed by atoms with Gasteiger partial charge in [0.2, 0.25) is 0 Å². The van der Waals surface area contributed by atoms with Gasteiger partial charge in [0.1, 0.15) is 22.8 Å². The topological polar surface area (TPSA) is 62.2 Å². The van der Waals surface area contributed by atoms with Crippen molar-refractivity contribution in [3.8, 4) is 0 Å². The zero-order chi connectivity index (χ0) is 23.0. The number of benzene rings is 1. The van der Waals surface area contributed by atoms with Crippen molar-refractivity contribution in [1.82, 2.24) is 10.3 Å². The van der Waals surface area contributed by atoms with E-state index in [9.17, 15) is 31.9 Å². The van der Waals surface area contributed by atoms with Gasteiger partial charge in [0.25, 0.3) is 5.91 Å². The van der Waals surface area contributed by atoms with Crippen molar-refractivity contribution >= 4 is 29.1 Å². The van der Waals surface area contributed by atoms with Crippen LogP contribution in [0.4, 0.5) is 22.0 Å². The van der Waals surface area contributed by atoms with Gasteiger partial charge in [-0.3, -0.25) is 4.79 Å². The average molecular weight is 483 g/mol. The molecule has 0 radical (unpaired) electrons. The van der Waals surface area contributed by atoms with E-state index >= 15 is 0 Å². The van der Waals surface area contributed by atoms with Crippen molar-refractivity contribution < 1.29 is 31.9 Å². The normalized spacial score (nSPS) is 22.8. The Hall–Kier alpha value is -1.97. The van der Waals surface area contributed by atoms with Crippen LogP contribution in [0.5, 0.6) is 0 Å². The molecular formula is C20H17Cl2F5N2O2. The van der Waals surface area contributed by atoms with E-state index in [4.69, 9.17) is 23.2 Å². The minimum atomic E-state index is -4.75. The molecule has 0 bridgehead atoms. The number of aromatic nitrogens is 1. The van der Waals surface area contributed by atoms with Crippen LogP contribution in [0.15, 0.2) is 30.3 Å². The maximum atomic E-state index is 14.1. The van der Waals surface area contributed by atoms with Crippen LogP contribution < -0.4 is 5.32 Å². The van der Waals surface area contributed by atoms with Crippen molar-refractivity contribution in [2.45, 2.75) is 49.7 Å². The third kappa shape index (κ3) is 5.10. The molecule has 2 N–H and O–H groups in total. The lowest BCUT2D eigenvalue weighted by atomic mass is 9.76. The quantitative estimate of drug-likeness (QED) is 0.436. The van der Waals surface area contributed by atoms with Crippen molar-refractivity contribution in [2.75, 3.05) is 0 Å². The van der Waals surface area contributed by atoms with E-state index < -0.39 is 46.6 Å². The second kappa shape index (κ2) is 8.88. The van der Waals surface area contributed by atoms with Crippen LogP contribution in [0.1, 0.15) is 53.3 Å². The Balaban J connectivity index is 1.97. The number of hydrogen-bond acceptors (Lipinski definition) is 3. The van der Waals surface area contributed by atoms with E-state index in [1.807, 2.05) is 0 Å². The fourth-order valence-electron chi connectivity index (χ4n) is 3.59. The van der Waals surface area contributed by atoms with E-state index in [1.54, 1.807) is 0 Å². The monoisotopic (exact) mass is 482 g/mol. The number of carbonyl (C=O) groups excluding carboxylic acids is 1. The highest BCUT2D eigenvalue weighted by atomic mass is 35.5. The second-order valence-electron chi connectivity index (χ2n) is 7.36. The summed E-state index contributed by atoms with van der Waals surface area (Å²) in [4.78, 5) is 16.0. The second-order valence-corrected chi connectivity index (χ2v) is 8.10. The number of nitrogens with zero attached hydrogens (tertiary/aromatic N) is 1. The number of aliphatic hydroxyl groups is 1. The van der Waals surface area contributed by atoms with Gasteiger partial charge >= 0.3 is 6.18 Å². The maximum Gasteiger partial charge on any atom is 0.433 e. The molecule has 0 spiro atoms. The van der Waals surface area contributed by atoms with Crippen LogP contribution in [0.3, 0.4) is 0 Å². The van der Waals surface area contributed by atoms with Crippen LogP contribution in [0.25, 0.3) is 0 Å². The summed E-state index contributed by atoms with van der Waals surface area (Å²) in [5.74, 6) is -1.75. The smallest absolute Gasteiger partial charge is 0.387 e. The van der Waals surface area contributed by atoms with Crippen LogP contribution in [-0.2, 0) is 6.18 Å². The number of carbonyl (C=O) groups is 1. The predicted molar refractivity (Wildman–Crippen MR) is 104 cm³/mol. The van der Waals surface area contributed by atoms with E-state index in [1.165, 1.54) is 12.1 Å². The molecule has 0 aliphatic heterocycles. The van der Waals surface area contributed by atoms with E-state index in [2.05, 4.69) is 10.3 Å². The molecule has 31 heavy (non-hydrogen) atoms. The first-order valence-corrected chi connectivity index (χ1v) is 10.0. The summed E-state index contributed by atoms with van der Waals surface area (Å²) in [6, 6.07) is 3.97. The highest BCUT2D eigenvalue weighted by Gasteiger charge is 2.43. The summed E-state index contributed by atoms with van der Waals surface area (Å²) in [5.41, 5.74) is -3.28. The molecule has 1 amide bonds. The van der Waals surface area contributed by atoms with Crippen molar-refractivity contribution in [3.63, 3.8) is 0 Å². The molecule has 1 aromatic carbocycles. The lowest BCUT2D eigenvalue weighted by Crippen LogP contribution is -2.48. The molecule has 4 nitrogen and oxygen atoms in total. The van der Waals surface area contributed by atoms with Crippen molar-refractivity contribution in [1.29, 1.82) is 0 Å². The Bertz CT molecular complexity index is 979. The van der Waals surface area contributed by atoms with Crippen LogP contribution in [0.2, 0.25) is 10.2 Å². The summed E-state index contributed by atoms with van der Waals surface area (Å²) in [6.07, 6.45) is -5.96. The van der Waals surface area contributed by atoms with Gasteiger partial charge in [-0.25, -0.2) is 13.8 Å². The largest absolute Gasteiger partial charge is 0.433 e. The molecule has 1 saturated carbocycles. The minimum absolute atomic E-state index is 0.0123. The van der Waals surface area contributed by atoms with E-state index in [0.717, 1.165) is 12.1 Å². The first kappa shape index (κ1) is 23.7. The van der Waals surface area contributed by atoms with Crippen LogP contribution in [0, 0.1) is 5.82 Å². The standard InChI is InChI=1S/C20H17Cl2F5N2O2/c21-15-11(2-1-3-13(15)24)16(19(31)8-6-10(23)7-9-19)29-18(30)12-4-5-14(20(25,26)27)28-17(12)22/h1-5,10,16,31H,6-9H2,(H,29,30)/t10-,16?,19+. The van der Waals surface area contributed by atoms with Gasteiger partial charge in [-0.1, -0.05) is 35.3 Å². The highest BCUT2D eigenvalue weighted by molar-refractivity contribution is 6.33. The Morgan fingerprint density at radius 1 is 1.19 bits per heavy atom. The summed E-state index contributed by atoms with van der Waals surface area (Å²) >= 11 is 11.8. The third-order valence-corrected chi connectivity index (χ3v) is 5.96. The van der Waals surface area contributed by atoms with Crippen LogP contribution >= 0.6 is 23.2 Å². The Morgan fingerprint density at radius 3 is 2.42 bits per heavy atom. The van der Waals surface area contributed by atoms with E-state index in [0.29, 0.717) is 6.07 Å². The zero-order valence-electron chi connectivity index (χ0n) is 15.8. The van der Waals surface area contributed by atoms with Gasteiger partial charge < -0.3 is 10.4 Å². The number of hydrogen-bond donors (Lipinski definition) is 2. The summed E-state index contributed by atoms with van der Waals surface area (Å²) < 4.78 is 66.1. The van der Waals surface area contributed by atoms with Gasteiger partial charge in [-0.05, 0) is 49.4 Å². The van der Waals surface area contributed by atoms with Gasteiger partial charge in [0.15, 0.2) is 0 Å². The first-order valence-electron chi connectivity index (χ1n) is 9.27. The first-order chi connectivity index (χ1) is 14.4. The van der Waals surface area contributed by atoms with Crippen molar-refractivity contribution in [3.05, 3.63) is 63.1 Å². The lowest BCUT2D eigenvalue weighted by Gasteiger charge is -2.41. The fourth-order valence-corrected chi connectivity index (χ4v) is 4.06. The van der Waals surface area contributed by atoms with Crippen molar-refractivity contribution in [2.24, 2.45) is 0 Å². The Labute approximate surface area is 184 Å². The lowest BCUT2D eigenvalue weighted by molar-refractivity contribution is -0.141. The number of pyridine rings is 1. The number of rotatable bonds is 4. The predicted octanol–water partition coefficient (Wildman–Crippen LogP) is 5.66. The van der Waals surface area contributed by atoms with Gasteiger partial charge in [0.05, 0.1) is 22.2 Å². The Morgan fingerprint density at radius 2 is 1.84 bits per heavy atom. The van der Waals surface area contributed by atoms with Gasteiger partial charge in [-0.2, -0.15) is 13.2 Å². The third-order valence-electron chi connectivity index (χ3n) is 5.27. The molecule has 3 rings (SSSR count). The average Bonchev–Trinajstić information content (AvgIpc) is 2.70. The summed E-state index contributed by atoms with van der Waals surface area (Å²) in [6.45, 7) is 0. The maximum absolute atomic E-state index is 14.1. The molecule has 1 aliphatic carbocycles. The van der Waals surface area contributed by atoms with Crippen LogP contribution in [-0.4, -0.2) is 27.8 Å². The molecule has 1 aromatic heterocycles. The molecule has 0 saturated heterocycles. The zero-order valence-corrected chi connectivity index (χ0v) is 17.3. The Kier molecular flexibility index (Phi) is 6.78. The molecular weight excluding hydrogens is 466 g/mol. The molecule has 168 valence electrons. The molecule has 2 aromatic rings. The highest BCUT2D eigenvalue weighted by Crippen LogP contribution is 2.42. The number of alkyl halides is 4. The summed E-state index contributed by atoms with van der Waals surface area (Å²) in [7, 11) is 0. The SMILES string of the molecule is O=C(NC(c1cccc(F)c1Cl)[C@]1(O)CC[C@@H](F)CC1)c1ccc(C(F)(F)F)nc1Cl. The molecule has 1 unspecified atom stereocenters. The fraction of sp³-hybridized carbons (Fsp3) is 0.400. The summed E-state index contributed by atoms with van der Waals surface area (Å²) in [5, 5.41) is 12.6. The number of nitrogens with one attached hydrogen (secondary N) is 1. The molecule has 1 aliphatic rings.